The molecule has 0 saturated carbocycles. The van der Waals surface area contributed by atoms with Crippen LogP contribution in [0, 0.1) is 0 Å². The molecule has 0 aromatic heterocycles. The summed E-state index contributed by atoms with van der Waals surface area (Å²) in [6, 6.07) is 4.54. The van der Waals surface area contributed by atoms with E-state index in [0.717, 1.165) is 0 Å². The first-order valence-corrected chi connectivity index (χ1v) is 4.10. The Labute approximate surface area is 115 Å². The molecule has 1 aromatic rings. The summed E-state index contributed by atoms with van der Waals surface area (Å²) in [4.78, 5) is 20.7. The summed E-state index contributed by atoms with van der Waals surface area (Å²) >= 11 is 0. The van der Waals surface area contributed by atoms with E-state index in [9.17, 15) is 9.59 Å². The summed E-state index contributed by atoms with van der Waals surface area (Å²) in [5.41, 5.74) is 0. The van der Waals surface area contributed by atoms with E-state index < -0.39 is 5.97 Å². The predicted octanol–water partition coefficient (Wildman–Crippen LogP) is 0.427. The molecule has 5 nitrogen and oxygen atoms in total. The van der Waals surface area contributed by atoms with Crippen molar-refractivity contribution in [3.05, 3.63) is 18.2 Å². The van der Waals surface area contributed by atoms with E-state index >= 15 is 0 Å². The minimum absolute atomic E-state index is 0. The van der Waals surface area contributed by atoms with Crippen LogP contribution in [0.15, 0.2) is 18.2 Å². The van der Waals surface area contributed by atoms with Crippen molar-refractivity contribution in [3.8, 4) is 17.2 Å². The number of carbonyl (C=O) groups excluding carboxylic acids is 2. The van der Waals surface area contributed by atoms with Crippen LogP contribution in [-0.4, -0.2) is 56.0 Å². The average molecular weight is 233 g/mol. The molecule has 1 radical (unpaired) electrons. The van der Waals surface area contributed by atoms with Crippen LogP contribution in [0.1, 0.15) is 0 Å². The van der Waals surface area contributed by atoms with Crippen molar-refractivity contribution in [2.75, 3.05) is 14.2 Å². The van der Waals surface area contributed by atoms with E-state index in [-0.39, 0.29) is 41.6 Å². The smallest absolute Gasteiger partial charge is 0.376 e. The molecule has 6 heteroatoms. The zero-order valence-corrected chi connectivity index (χ0v) is 11.4. The van der Waals surface area contributed by atoms with Gasteiger partial charge in [0.05, 0.1) is 14.2 Å². The molecule has 0 fully saturated rings. The molecule has 0 aliphatic rings. The van der Waals surface area contributed by atoms with Crippen LogP contribution in [0.5, 0.6) is 17.2 Å². The fourth-order valence-electron chi connectivity index (χ4n) is 1.02. The van der Waals surface area contributed by atoms with Gasteiger partial charge in [-0.3, -0.25) is 4.79 Å². The quantitative estimate of drug-likeness (QED) is 0.248. The van der Waals surface area contributed by atoms with Crippen LogP contribution in [0.3, 0.4) is 0 Å². The molecule has 0 N–H and O–H groups in total. The van der Waals surface area contributed by atoms with Crippen molar-refractivity contribution in [1.82, 2.24) is 0 Å². The van der Waals surface area contributed by atoms with Gasteiger partial charge in [-0.2, -0.15) is 0 Å². The molecule has 0 heterocycles. The summed E-state index contributed by atoms with van der Waals surface area (Å²) < 4.78 is 14.6. The van der Waals surface area contributed by atoms with Crippen molar-refractivity contribution in [3.63, 3.8) is 0 Å². The summed E-state index contributed by atoms with van der Waals surface area (Å²) in [7, 11) is 2.96. The van der Waals surface area contributed by atoms with Crippen LogP contribution in [-0.2, 0) is 9.59 Å². The molecule has 81 valence electrons. The first-order valence-electron chi connectivity index (χ1n) is 4.10. The summed E-state index contributed by atoms with van der Waals surface area (Å²) in [5.74, 6) is 0.212. The van der Waals surface area contributed by atoms with Gasteiger partial charge in [0.25, 0.3) is 0 Å². The van der Waals surface area contributed by atoms with Gasteiger partial charge in [0.2, 0.25) is 6.29 Å². The number of rotatable bonds is 4. The van der Waals surface area contributed by atoms with Gasteiger partial charge in [-0.1, -0.05) is 0 Å². The molecule has 1 rings (SSSR count). The molecule has 0 aliphatic carbocycles. The Bertz CT molecular complexity index is 377. The van der Waals surface area contributed by atoms with Gasteiger partial charge in [0.15, 0.2) is 11.5 Å². The maximum absolute atomic E-state index is 10.7. The largest absolute Gasteiger partial charge is 0.493 e. The molecular weight excluding hydrogens is 223 g/mol. The van der Waals surface area contributed by atoms with E-state index in [1.807, 2.05) is 0 Å². The van der Waals surface area contributed by atoms with Gasteiger partial charge in [0.1, 0.15) is 5.75 Å². The Morgan fingerprint density at radius 1 is 1.19 bits per heavy atom. The zero-order chi connectivity index (χ0) is 11.3. The monoisotopic (exact) mass is 233 g/mol. The Kier molecular flexibility index (Phi) is 6.80. The number of aldehydes is 1. The standard InChI is InChI=1S/C10H10O5.Na/c1-13-8-4-3-7(5-9(8)14-2)15-10(12)6-11;/h3-6H,1-2H3;. The molecule has 0 atom stereocenters. The number of ether oxygens (including phenoxy) is 3. The van der Waals surface area contributed by atoms with E-state index in [2.05, 4.69) is 4.74 Å². The second-order valence-electron chi connectivity index (χ2n) is 2.56. The first kappa shape index (κ1) is 15.0. The summed E-state index contributed by atoms with van der Waals surface area (Å²) in [5, 5.41) is 0. The maximum atomic E-state index is 10.7. The van der Waals surface area contributed by atoms with Crippen molar-refractivity contribution in [2.45, 2.75) is 0 Å². The third kappa shape index (κ3) is 3.84. The van der Waals surface area contributed by atoms with E-state index in [1.54, 1.807) is 6.07 Å². The molecule has 16 heavy (non-hydrogen) atoms. The van der Waals surface area contributed by atoms with Crippen molar-refractivity contribution in [1.29, 1.82) is 0 Å². The average Bonchev–Trinajstić information content (AvgIpc) is 2.28. The molecule has 0 unspecified atom stereocenters. The number of carbonyl (C=O) groups is 2. The Balaban J connectivity index is 0.00000225. The van der Waals surface area contributed by atoms with Gasteiger partial charge in [-0.15, -0.1) is 0 Å². The number of hydrogen-bond donors (Lipinski definition) is 0. The fraction of sp³-hybridized carbons (Fsp3) is 0.200. The number of benzene rings is 1. The van der Waals surface area contributed by atoms with E-state index in [4.69, 9.17) is 9.47 Å². The fourth-order valence-corrected chi connectivity index (χ4v) is 1.02. The van der Waals surface area contributed by atoms with Gasteiger partial charge >= 0.3 is 5.97 Å². The SMILES string of the molecule is COc1ccc(OC(=O)C=O)cc1OC.[Na]. The minimum atomic E-state index is -0.956. The number of hydrogen-bond acceptors (Lipinski definition) is 5. The van der Waals surface area contributed by atoms with Gasteiger partial charge < -0.3 is 14.2 Å². The van der Waals surface area contributed by atoms with E-state index in [0.29, 0.717) is 11.5 Å². The molecule has 0 aliphatic heterocycles. The Hall–Kier alpha value is -1.04. The molecule has 0 spiro atoms. The van der Waals surface area contributed by atoms with Crippen LogP contribution < -0.4 is 14.2 Å². The second-order valence-corrected chi connectivity index (χ2v) is 2.56. The first-order chi connectivity index (χ1) is 7.21. The van der Waals surface area contributed by atoms with E-state index in [1.165, 1.54) is 26.4 Å². The number of methoxy groups -OCH3 is 2. The van der Waals surface area contributed by atoms with Gasteiger partial charge in [-0.05, 0) is 12.1 Å². The Morgan fingerprint density at radius 2 is 1.81 bits per heavy atom. The Morgan fingerprint density at radius 3 is 2.31 bits per heavy atom. The predicted molar refractivity (Wildman–Crippen MR) is 57.0 cm³/mol. The van der Waals surface area contributed by atoms with Gasteiger partial charge in [0, 0.05) is 35.6 Å². The minimum Gasteiger partial charge on any atom is -0.493 e. The van der Waals surface area contributed by atoms with Crippen LogP contribution in [0.2, 0.25) is 0 Å². The van der Waals surface area contributed by atoms with Gasteiger partial charge in [-0.25, -0.2) is 4.79 Å². The molecule has 0 saturated heterocycles. The van der Waals surface area contributed by atoms with Crippen LogP contribution >= 0.6 is 0 Å². The molecular formula is C10H10NaO5. The third-order valence-electron chi connectivity index (χ3n) is 1.67. The van der Waals surface area contributed by atoms with Crippen molar-refractivity contribution >= 4 is 41.8 Å². The molecule has 1 aromatic carbocycles. The van der Waals surface area contributed by atoms with Crippen LogP contribution in [0.4, 0.5) is 0 Å². The second kappa shape index (κ2) is 7.27. The molecule has 0 amide bonds. The zero-order valence-electron chi connectivity index (χ0n) is 9.35. The van der Waals surface area contributed by atoms with Crippen molar-refractivity contribution < 1.29 is 23.8 Å². The topological polar surface area (TPSA) is 61.8 Å². The maximum Gasteiger partial charge on any atom is 0.376 e. The normalized spacial score (nSPS) is 8.62. The van der Waals surface area contributed by atoms with Crippen molar-refractivity contribution in [2.24, 2.45) is 0 Å². The number of esters is 1. The third-order valence-corrected chi connectivity index (χ3v) is 1.67. The summed E-state index contributed by atoms with van der Waals surface area (Å²) in [6.45, 7) is 0. The molecule has 0 bridgehead atoms. The van der Waals surface area contributed by atoms with Crippen LogP contribution in [0.25, 0.3) is 0 Å². The summed E-state index contributed by atoms with van der Waals surface area (Å²) in [6.07, 6.45) is 0.0940.